The summed E-state index contributed by atoms with van der Waals surface area (Å²) in [5, 5.41) is 0. The molecule has 2 rings (SSSR count). The number of ether oxygens (including phenoxy) is 1. The molecule has 2 N–H and O–H groups in total. The van der Waals surface area contributed by atoms with Crippen molar-refractivity contribution < 1.29 is 17.5 Å². The zero-order valence-corrected chi connectivity index (χ0v) is 13.3. The van der Waals surface area contributed by atoms with E-state index in [1.165, 1.54) is 17.5 Å². The molecule has 0 radical (unpaired) electrons. The van der Waals surface area contributed by atoms with Gasteiger partial charge < -0.3 is 10.5 Å². The highest BCUT2D eigenvalue weighted by Gasteiger charge is 2.39. The lowest BCUT2D eigenvalue weighted by molar-refractivity contribution is 0.177. The van der Waals surface area contributed by atoms with Gasteiger partial charge in [0.2, 0.25) is 10.0 Å². The predicted molar refractivity (Wildman–Crippen MR) is 79.1 cm³/mol. The van der Waals surface area contributed by atoms with Crippen LogP contribution in [0.1, 0.15) is 24.0 Å². The summed E-state index contributed by atoms with van der Waals surface area (Å²) >= 11 is 0. The second-order valence-electron chi connectivity index (χ2n) is 5.38. The molecular formula is C14H21FN2O3S. The van der Waals surface area contributed by atoms with E-state index in [1.54, 1.807) is 13.8 Å². The van der Waals surface area contributed by atoms with Gasteiger partial charge in [-0.15, -0.1) is 0 Å². The fourth-order valence-electron chi connectivity index (χ4n) is 2.49. The Hall–Kier alpha value is -1.18. The van der Waals surface area contributed by atoms with Gasteiger partial charge in [-0.05, 0) is 43.9 Å². The summed E-state index contributed by atoms with van der Waals surface area (Å²) in [5.74, 6) is -0.584. The number of hydrogen-bond donors (Lipinski definition) is 1. The van der Waals surface area contributed by atoms with Crippen molar-refractivity contribution in [3.05, 3.63) is 23.0 Å². The molecular weight excluding hydrogens is 295 g/mol. The summed E-state index contributed by atoms with van der Waals surface area (Å²) in [6.07, 6.45) is 1.69. The van der Waals surface area contributed by atoms with Crippen LogP contribution in [0.5, 0.6) is 0 Å². The maximum atomic E-state index is 13.6. The lowest BCUT2D eigenvalue weighted by atomic mass is 10.1. The Morgan fingerprint density at radius 1 is 1.43 bits per heavy atom. The summed E-state index contributed by atoms with van der Waals surface area (Å²) in [6, 6.07) is 1.19. The van der Waals surface area contributed by atoms with Crippen molar-refractivity contribution in [2.45, 2.75) is 37.6 Å². The van der Waals surface area contributed by atoms with Gasteiger partial charge in [0.25, 0.3) is 0 Å². The number of nitrogens with zero attached hydrogens (tertiary/aromatic N) is 1. The highest BCUT2D eigenvalue weighted by Crippen LogP contribution is 2.35. The minimum absolute atomic E-state index is 0.00947. The Morgan fingerprint density at radius 2 is 2.05 bits per heavy atom. The Labute approximate surface area is 124 Å². The number of hydrogen-bond acceptors (Lipinski definition) is 4. The van der Waals surface area contributed by atoms with E-state index in [1.807, 2.05) is 0 Å². The number of benzene rings is 1. The first-order valence-electron chi connectivity index (χ1n) is 6.86. The molecule has 0 heterocycles. The van der Waals surface area contributed by atoms with Gasteiger partial charge >= 0.3 is 0 Å². The van der Waals surface area contributed by atoms with E-state index >= 15 is 0 Å². The van der Waals surface area contributed by atoms with E-state index in [-0.39, 0.29) is 22.2 Å². The molecule has 0 spiro atoms. The number of nitrogens with two attached hydrogens (primary N) is 1. The van der Waals surface area contributed by atoms with Gasteiger partial charge in [-0.2, -0.15) is 4.31 Å². The Balaban J connectivity index is 2.50. The van der Waals surface area contributed by atoms with E-state index in [9.17, 15) is 12.8 Å². The smallest absolute Gasteiger partial charge is 0.244 e. The largest absolute Gasteiger partial charge is 0.396 e. The molecule has 5 nitrogen and oxygen atoms in total. The minimum Gasteiger partial charge on any atom is -0.396 e. The van der Waals surface area contributed by atoms with Gasteiger partial charge in [0, 0.05) is 19.7 Å². The molecule has 0 unspecified atom stereocenters. The molecule has 1 aliphatic rings. The van der Waals surface area contributed by atoms with E-state index < -0.39 is 15.8 Å². The quantitative estimate of drug-likeness (QED) is 0.813. The molecule has 1 aromatic rings. The van der Waals surface area contributed by atoms with Crippen LogP contribution in [0.2, 0.25) is 0 Å². The summed E-state index contributed by atoms with van der Waals surface area (Å²) in [6.45, 7) is 3.74. The standard InChI is InChI=1S/C14H21FN2O3S/c1-9-8-12(15)13(16)10(2)14(9)21(18,19)17(6-7-20-3)11-4-5-11/h8,11H,4-7,16H2,1-3H3. The van der Waals surface area contributed by atoms with Crippen molar-refractivity contribution in [2.75, 3.05) is 26.0 Å². The molecule has 0 aromatic heterocycles. The van der Waals surface area contributed by atoms with E-state index in [0.29, 0.717) is 18.7 Å². The first-order valence-corrected chi connectivity index (χ1v) is 8.30. The topological polar surface area (TPSA) is 72.6 Å². The number of rotatable bonds is 6. The number of aryl methyl sites for hydroxylation is 1. The molecule has 118 valence electrons. The average molecular weight is 316 g/mol. The van der Waals surface area contributed by atoms with Crippen LogP contribution >= 0.6 is 0 Å². The van der Waals surface area contributed by atoms with Crippen LogP contribution in [0, 0.1) is 19.7 Å². The van der Waals surface area contributed by atoms with Crippen molar-refractivity contribution in [2.24, 2.45) is 0 Å². The molecule has 0 aliphatic heterocycles. The summed E-state index contributed by atoms with van der Waals surface area (Å²) in [5.41, 5.74) is 6.20. The summed E-state index contributed by atoms with van der Waals surface area (Å²) in [7, 11) is -2.17. The molecule has 0 amide bonds. The van der Waals surface area contributed by atoms with Gasteiger partial charge in [-0.25, -0.2) is 12.8 Å². The number of halogens is 1. The van der Waals surface area contributed by atoms with Gasteiger partial charge in [0.1, 0.15) is 5.82 Å². The van der Waals surface area contributed by atoms with Crippen LogP contribution in [-0.2, 0) is 14.8 Å². The molecule has 0 bridgehead atoms. The van der Waals surface area contributed by atoms with Crippen LogP contribution in [0.3, 0.4) is 0 Å². The Bertz CT molecular complexity index is 642. The maximum Gasteiger partial charge on any atom is 0.244 e. The average Bonchev–Trinajstić information content (AvgIpc) is 3.20. The first-order chi connectivity index (χ1) is 9.80. The van der Waals surface area contributed by atoms with Gasteiger partial charge in [0.15, 0.2) is 0 Å². The summed E-state index contributed by atoms with van der Waals surface area (Å²) in [4.78, 5) is 0.115. The van der Waals surface area contributed by atoms with E-state index in [0.717, 1.165) is 12.8 Å². The highest BCUT2D eigenvalue weighted by molar-refractivity contribution is 7.89. The monoisotopic (exact) mass is 316 g/mol. The highest BCUT2D eigenvalue weighted by atomic mass is 32.2. The van der Waals surface area contributed by atoms with Gasteiger partial charge in [0.05, 0.1) is 17.2 Å². The molecule has 0 saturated heterocycles. The van der Waals surface area contributed by atoms with Crippen LogP contribution in [-0.4, -0.2) is 39.0 Å². The SMILES string of the molecule is COCCN(C1CC1)S(=O)(=O)c1c(C)cc(F)c(N)c1C. The van der Waals surface area contributed by atoms with Crippen LogP contribution < -0.4 is 5.73 Å². The second-order valence-corrected chi connectivity index (χ2v) is 7.21. The molecule has 1 aromatic carbocycles. The van der Waals surface area contributed by atoms with Crippen molar-refractivity contribution >= 4 is 15.7 Å². The van der Waals surface area contributed by atoms with Crippen molar-refractivity contribution in [1.82, 2.24) is 4.31 Å². The third kappa shape index (κ3) is 3.04. The zero-order valence-electron chi connectivity index (χ0n) is 12.5. The zero-order chi connectivity index (χ0) is 15.8. The molecule has 1 fully saturated rings. The number of anilines is 1. The molecule has 1 aliphatic carbocycles. The fraction of sp³-hybridized carbons (Fsp3) is 0.571. The minimum atomic E-state index is -3.70. The molecule has 1 saturated carbocycles. The third-order valence-electron chi connectivity index (χ3n) is 3.74. The third-order valence-corrected chi connectivity index (χ3v) is 5.98. The molecule has 21 heavy (non-hydrogen) atoms. The lowest BCUT2D eigenvalue weighted by Crippen LogP contribution is -2.36. The lowest BCUT2D eigenvalue weighted by Gasteiger charge is -2.24. The number of methoxy groups -OCH3 is 1. The van der Waals surface area contributed by atoms with Crippen LogP contribution in [0.25, 0.3) is 0 Å². The van der Waals surface area contributed by atoms with Crippen molar-refractivity contribution in [3.8, 4) is 0 Å². The number of nitrogen functional groups attached to an aromatic ring is 1. The Kier molecular flexibility index (Phi) is 4.55. The fourth-order valence-corrected chi connectivity index (χ4v) is 4.60. The van der Waals surface area contributed by atoms with E-state index in [4.69, 9.17) is 10.5 Å². The predicted octanol–water partition coefficient (Wildman–Crippen LogP) is 1.82. The molecule has 7 heteroatoms. The normalized spacial score (nSPS) is 15.7. The molecule has 0 atom stereocenters. The second kappa shape index (κ2) is 5.90. The number of sulfonamides is 1. The van der Waals surface area contributed by atoms with E-state index in [2.05, 4.69) is 0 Å². The van der Waals surface area contributed by atoms with Crippen molar-refractivity contribution in [3.63, 3.8) is 0 Å². The summed E-state index contributed by atoms with van der Waals surface area (Å²) < 4.78 is 45.9. The van der Waals surface area contributed by atoms with Gasteiger partial charge in [-0.3, -0.25) is 0 Å². The Morgan fingerprint density at radius 3 is 2.57 bits per heavy atom. The van der Waals surface area contributed by atoms with Crippen molar-refractivity contribution in [1.29, 1.82) is 0 Å². The first kappa shape index (κ1) is 16.2. The maximum absolute atomic E-state index is 13.6. The van der Waals surface area contributed by atoms with Crippen LogP contribution in [0.4, 0.5) is 10.1 Å². The van der Waals surface area contributed by atoms with Gasteiger partial charge in [-0.1, -0.05) is 0 Å². The van der Waals surface area contributed by atoms with Crippen LogP contribution in [0.15, 0.2) is 11.0 Å².